The Hall–Kier alpha value is -5.90. The summed E-state index contributed by atoms with van der Waals surface area (Å²) in [5, 5.41) is 10.1. The number of thiophene rings is 1. The number of benzene rings is 8. The zero-order valence-corrected chi connectivity index (χ0v) is 26.3. The van der Waals surface area contributed by atoms with E-state index in [1.807, 2.05) is 11.3 Å². The van der Waals surface area contributed by atoms with Crippen LogP contribution in [0.1, 0.15) is 0 Å². The fourth-order valence-electron chi connectivity index (χ4n) is 7.38. The van der Waals surface area contributed by atoms with Gasteiger partial charge in [0.1, 0.15) is 0 Å². The second-order valence-corrected chi connectivity index (χ2v) is 13.3. The molecule has 0 saturated heterocycles. The Morgan fingerprint density at radius 2 is 1.02 bits per heavy atom. The monoisotopic (exact) mass is 616 g/mol. The molecule has 0 spiro atoms. The second-order valence-electron chi connectivity index (χ2n) is 12.2. The Morgan fingerprint density at radius 3 is 1.83 bits per heavy atom. The lowest BCUT2D eigenvalue weighted by Gasteiger charge is -2.27. The molecule has 0 N–H and O–H groups in total. The Balaban J connectivity index is 1.17. The molecule has 0 saturated carbocycles. The van der Waals surface area contributed by atoms with E-state index in [4.69, 9.17) is 0 Å². The fraction of sp³-hybridized carbons (Fsp3) is 0. The third-order valence-electron chi connectivity index (χ3n) is 9.53. The van der Waals surface area contributed by atoms with Gasteiger partial charge in [-0.05, 0) is 76.8 Å². The normalized spacial score (nSPS) is 11.8. The maximum Gasteiger partial charge on any atom is 0.0541 e. The van der Waals surface area contributed by atoms with E-state index in [1.54, 1.807) is 0 Å². The summed E-state index contributed by atoms with van der Waals surface area (Å²) in [4.78, 5) is 2.42. The van der Waals surface area contributed by atoms with E-state index in [0.29, 0.717) is 0 Å². The van der Waals surface area contributed by atoms with Crippen molar-refractivity contribution in [2.75, 3.05) is 4.90 Å². The first-order chi connectivity index (χ1) is 23.3. The van der Waals surface area contributed by atoms with Gasteiger partial charge in [0.05, 0.1) is 16.7 Å². The molecule has 0 aliphatic heterocycles. The van der Waals surface area contributed by atoms with Gasteiger partial charge in [0, 0.05) is 53.4 Å². The summed E-state index contributed by atoms with van der Waals surface area (Å²) in [7, 11) is 0. The highest BCUT2D eigenvalue weighted by atomic mass is 32.1. The van der Waals surface area contributed by atoms with Gasteiger partial charge in [0.25, 0.3) is 0 Å². The number of fused-ring (bicyclic) bond motifs is 8. The van der Waals surface area contributed by atoms with E-state index in [0.717, 1.165) is 11.4 Å². The highest BCUT2D eigenvalue weighted by Gasteiger charge is 2.18. The van der Waals surface area contributed by atoms with Gasteiger partial charge in [-0.2, -0.15) is 0 Å². The van der Waals surface area contributed by atoms with Crippen molar-refractivity contribution in [3.8, 4) is 5.69 Å². The number of nitrogens with zero attached hydrogens (tertiary/aromatic N) is 2. The van der Waals surface area contributed by atoms with Crippen molar-refractivity contribution >= 4 is 91.9 Å². The molecule has 0 aliphatic carbocycles. The SMILES string of the molecule is c1ccc2cc(N(c3ccc4sc5cc(-n6c7ccccc7c7ccccc76)ccc5c4c3)c3cccc4ccccc34)ccc2c1. The van der Waals surface area contributed by atoms with Crippen LogP contribution in [-0.4, -0.2) is 4.57 Å². The molecule has 0 unspecified atom stereocenters. The van der Waals surface area contributed by atoms with Crippen LogP contribution in [-0.2, 0) is 0 Å². The van der Waals surface area contributed by atoms with E-state index >= 15 is 0 Å². The maximum atomic E-state index is 2.42. The largest absolute Gasteiger partial charge is 0.310 e. The molecule has 0 fully saturated rings. The van der Waals surface area contributed by atoms with E-state index in [9.17, 15) is 0 Å². The van der Waals surface area contributed by atoms with Gasteiger partial charge in [0.2, 0.25) is 0 Å². The molecule has 0 atom stereocenters. The number of rotatable bonds is 4. The third-order valence-corrected chi connectivity index (χ3v) is 10.7. The van der Waals surface area contributed by atoms with Crippen LogP contribution in [0.4, 0.5) is 17.1 Å². The van der Waals surface area contributed by atoms with Crippen molar-refractivity contribution in [2.45, 2.75) is 0 Å². The topological polar surface area (TPSA) is 8.17 Å². The lowest BCUT2D eigenvalue weighted by molar-refractivity contribution is 1.19. The molecule has 2 heterocycles. The van der Waals surface area contributed by atoms with Crippen LogP contribution in [0.5, 0.6) is 0 Å². The zero-order valence-electron chi connectivity index (χ0n) is 25.5. The minimum absolute atomic E-state index is 1.15. The van der Waals surface area contributed by atoms with E-state index in [2.05, 4.69) is 179 Å². The first-order valence-electron chi connectivity index (χ1n) is 16.0. The predicted octanol–water partition coefficient (Wildman–Crippen LogP) is 12.9. The van der Waals surface area contributed by atoms with Gasteiger partial charge in [-0.15, -0.1) is 11.3 Å². The van der Waals surface area contributed by atoms with Crippen molar-refractivity contribution in [2.24, 2.45) is 0 Å². The van der Waals surface area contributed by atoms with Crippen molar-refractivity contribution in [3.05, 3.63) is 170 Å². The quantitative estimate of drug-likeness (QED) is 0.191. The lowest BCUT2D eigenvalue weighted by atomic mass is 10.0. The number of anilines is 3. The Kier molecular flexibility index (Phi) is 5.78. The highest BCUT2D eigenvalue weighted by Crippen LogP contribution is 2.44. The van der Waals surface area contributed by atoms with Gasteiger partial charge < -0.3 is 9.47 Å². The summed E-state index contributed by atoms with van der Waals surface area (Å²) in [6.45, 7) is 0. The molecule has 47 heavy (non-hydrogen) atoms. The van der Waals surface area contributed by atoms with E-state index < -0.39 is 0 Å². The van der Waals surface area contributed by atoms with Crippen LogP contribution < -0.4 is 4.90 Å². The summed E-state index contributed by atoms with van der Waals surface area (Å²) in [6, 6.07) is 62.0. The molecule has 2 nitrogen and oxygen atoms in total. The van der Waals surface area contributed by atoms with E-state index in [1.165, 1.54) is 74.9 Å². The summed E-state index contributed by atoms with van der Waals surface area (Å²) < 4.78 is 4.99. The molecule has 0 amide bonds. The number of para-hydroxylation sites is 2. The first-order valence-corrected chi connectivity index (χ1v) is 16.8. The highest BCUT2D eigenvalue weighted by molar-refractivity contribution is 7.25. The van der Waals surface area contributed by atoms with Gasteiger partial charge in [-0.1, -0.05) is 109 Å². The molecule has 10 aromatic rings. The summed E-state index contributed by atoms with van der Waals surface area (Å²) >= 11 is 1.87. The van der Waals surface area contributed by atoms with Crippen LogP contribution >= 0.6 is 11.3 Å². The third kappa shape index (κ3) is 4.10. The number of hydrogen-bond donors (Lipinski definition) is 0. The van der Waals surface area contributed by atoms with Crippen molar-refractivity contribution in [3.63, 3.8) is 0 Å². The second kappa shape index (κ2) is 10.3. The lowest BCUT2D eigenvalue weighted by Crippen LogP contribution is -2.10. The number of hydrogen-bond acceptors (Lipinski definition) is 2. The average Bonchev–Trinajstić information content (AvgIpc) is 3.67. The Labute approximate surface area is 276 Å². The first kappa shape index (κ1) is 26.3. The molecule has 220 valence electrons. The van der Waals surface area contributed by atoms with Crippen molar-refractivity contribution < 1.29 is 0 Å². The van der Waals surface area contributed by atoms with Crippen molar-refractivity contribution in [1.82, 2.24) is 4.57 Å². The minimum Gasteiger partial charge on any atom is -0.310 e. The number of aromatic nitrogens is 1. The summed E-state index contributed by atoms with van der Waals surface area (Å²) in [5.74, 6) is 0. The van der Waals surface area contributed by atoms with Crippen molar-refractivity contribution in [1.29, 1.82) is 0 Å². The van der Waals surface area contributed by atoms with Gasteiger partial charge in [0.15, 0.2) is 0 Å². The summed E-state index contributed by atoms with van der Waals surface area (Å²) in [6.07, 6.45) is 0. The smallest absolute Gasteiger partial charge is 0.0541 e. The molecule has 8 aromatic carbocycles. The van der Waals surface area contributed by atoms with Crippen LogP contribution in [0.2, 0.25) is 0 Å². The molecule has 0 aliphatic rings. The van der Waals surface area contributed by atoms with Gasteiger partial charge in [-0.3, -0.25) is 0 Å². The van der Waals surface area contributed by atoms with E-state index in [-0.39, 0.29) is 0 Å². The van der Waals surface area contributed by atoms with Crippen LogP contribution in [0.25, 0.3) is 69.2 Å². The molecule has 3 heteroatoms. The minimum atomic E-state index is 1.15. The van der Waals surface area contributed by atoms with Gasteiger partial charge >= 0.3 is 0 Å². The summed E-state index contributed by atoms with van der Waals surface area (Å²) in [5.41, 5.74) is 7.12. The van der Waals surface area contributed by atoms with Crippen LogP contribution in [0.15, 0.2) is 170 Å². The zero-order chi connectivity index (χ0) is 30.9. The fourth-order valence-corrected chi connectivity index (χ4v) is 8.50. The Bertz CT molecular complexity index is 2760. The molecule has 0 bridgehead atoms. The molecule has 0 radical (unpaired) electrons. The van der Waals surface area contributed by atoms with Crippen LogP contribution in [0, 0.1) is 0 Å². The molecular weight excluding hydrogens is 589 g/mol. The maximum absolute atomic E-state index is 2.42. The molecule has 10 rings (SSSR count). The van der Waals surface area contributed by atoms with Crippen LogP contribution in [0.3, 0.4) is 0 Å². The molecule has 2 aromatic heterocycles. The average molecular weight is 617 g/mol. The van der Waals surface area contributed by atoms with Gasteiger partial charge in [-0.25, -0.2) is 0 Å². The molecular formula is C44H28N2S. The standard InChI is InChI=1S/C44H28N2S/c1-2-12-31-26-32(21-20-29(31)10-1)45(40-19-9-13-30-11-3-4-14-35(30)40)33-23-25-43-39(27-33)38-24-22-34(28-44(38)47-43)46-41-17-7-5-15-36(41)37-16-6-8-18-42(37)46/h1-28H. The Morgan fingerprint density at radius 1 is 0.383 bits per heavy atom. The predicted molar refractivity (Wildman–Crippen MR) is 203 cm³/mol.